The summed E-state index contributed by atoms with van der Waals surface area (Å²) in [6, 6.07) is 27.8. The molecule has 2 aromatic heterocycles. The number of aryl methyl sites for hydroxylation is 3. The molecule has 81 heavy (non-hydrogen) atoms. The minimum atomic E-state index is -1.32. The Balaban J connectivity index is 0.000000147. The molecule has 0 unspecified atom stereocenters. The molecule has 0 bridgehead atoms. The summed E-state index contributed by atoms with van der Waals surface area (Å²) in [5.74, 6) is -3.98. The lowest BCUT2D eigenvalue weighted by Gasteiger charge is -2.42. The third-order valence-electron chi connectivity index (χ3n) is 17.7. The molecule has 0 fully saturated rings. The Kier molecular flexibility index (Phi) is 14.4. The second-order valence-electron chi connectivity index (χ2n) is 26.4. The molecular formula is C68H75FN6O6. The van der Waals surface area contributed by atoms with E-state index in [9.17, 15) is 23.9 Å². The molecule has 0 radical (unpaired) electrons. The van der Waals surface area contributed by atoms with Crippen LogP contribution in [-0.2, 0) is 32.5 Å². The third-order valence-corrected chi connectivity index (χ3v) is 17.7. The number of hydrogen-bond donors (Lipinski definition) is 3. The highest BCUT2D eigenvalue weighted by Gasteiger charge is 2.40. The SMILES string of the molecule is C=C(c1ccc(C(=O)O)cc1)c1cc2c(cc1C)C(C)(C)C=CC2(C)C.Cc1cc2c(cc1-n1nnc3cc(C(=O)O)c(F)cc31)C(C)(C)CCC2(C)C.Cc1cc2c(cc1-n1nnc3cc(C(=O)O)ccc31)C(C)(C)CCC2(C)C. The van der Waals surface area contributed by atoms with Gasteiger partial charge in [-0.15, -0.1) is 10.2 Å². The summed E-state index contributed by atoms with van der Waals surface area (Å²) in [5, 5.41) is 44.2. The molecule has 0 spiro atoms. The number of carboxylic acids is 3. The lowest BCUT2D eigenvalue weighted by molar-refractivity contribution is 0.0682. The van der Waals surface area contributed by atoms with Gasteiger partial charge >= 0.3 is 17.9 Å². The van der Waals surface area contributed by atoms with E-state index < -0.39 is 29.3 Å². The molecule has 0 atom stereocenters. The van der Waals surface area contributed by atoms with Crippen LogP contribution in [0.15, 0.2) is 110 Å². The van der Waals surface area contributed by atoms with Crippen LogP contribution < -0.4 is 0 Å². The van der Waals surface area contributed by atoms with Crippen molar-refractivity contribution < 1.29 is 34.1 Å². The largest absolute Gasteiger partial charge is 0.478 e. The van der Waals surface area contributed by atoms with Crippen molar-refractivity contribution >= 4 is 45.5 Å². The molecule has 3 aliphatic carbocycles. The number of rotatable bonds is 7. The zero-order valence-electron chi connectivity index (χ0n) is 49.5. The molecular weight excluding hydrogens is 1020 g/mol. The molecule has 420 valence electrons. The normalized spacial score (nSPS) is 17.3. The van der Waals surface area contributed by atoms with E-state index in [-0.39, 0.29) is 43.6 Å². The molecule has 0 amide bonds. The van der Waals surface area contributed by atoms with Gasteiger partial charge in [0.25, 0.3) is 0 Å². The maximum Gasteiger partial charge on any atom is 0.338 e. The zero-order valence-corrected chi connectivity index (χ0v) is 49.5. The van der Waals surface area contributed by atoms with Crippen molar-refractivity contribution in [2.24, 2.45) is 0 Å². The van der Waals surface area contributed by atoms with Crippen molar-refractivity contribution in [1.82, 2.24) is 30.0 Å². The highest BCUT2D eigenvalue weighted by molar-refractivity contribution is 5.94. The van der Waals surface area contributed by atoms with E-state index in [2.05, 4.69) is 173 Å². The molecule has 12 nitrogen and oxygen atoms in total. The van der Waals surface area contributed by atoms with Gasteiger partial charge in [0.1, 0.15) is 16.9 Å². The van der Waals surface area contributed by atoms with Crippen molar-refractivity contribution in [3.8, 4) is 11.4 Å². The third kappa shape index (κ3) is 10.6. The molecule has 3 N–H and O–H groups in total. The molecule has 3 aliphatic rings. The summed E-state index contributed by atoms with van der Waals surface area (Å²) < 4.78 is 17.7. The first-order valence-corrected chi connectivity index (χ1v) is 27.7. The average molecular weight is 1090 g/mol. The van der Waals surface area contributed by atoms with Crippen LogP contribution in [0.4, 0.5) is 4.39 Å². The van der Waals surface area contributed by atoms with Gasteiger partial charge in [0.05, 0.1) is 39.1 Å². The van der Waals surface area contributed by atoms with Crippen molar-refractivity contribution in [3.63, 3.8) is 0 Å². The Hall–Kier alpha value is -8.06. The number of fused-ring (bicyclic) bond motifs is 5. The number of allylic oxidation sites excluding steroid dienone is 2. The van der Waals surface area contributed by atoms with E-state index in [1.165, 1.54) is 57.5 Å². The van der Waals surface area contributed by atoms with Crippen LogP contribution in [0, 0.1) is 26.6 Å². The Morgan fingerprint density at radius 1 is 0.457 bits per heavy atom. The highest BCUT2D eigenvalue weighted by Crippen LogP contribution is 2.49. The number of nitrogens with zero attached hydrogens (tertiary/aromatic N) is 6. The fourth-order valence-electron chi connectivity index (χ4n) is 12.1. The second kappa shape index (κ2) is 20.2. The van der Waals surface area contributed by atoms with Crippen LogP contribution in [0.1, 0.15) is 201 Å². The van der Waals surface area contributed by atoms with Crippen molar-refractivity contribution in [2.45, 2.75) is 162 Å². The number of hydrogen-bond acceptors (Lipinski definition) is 7. The lowest BCUT2D eigenvalue weighted by atomic mass is 9.63. The fraction of sp³-hybridized carbons (Fsp3) is 0.368. The Morgan fingerprint density at radius 3 is 1.31 bits per heavy atom. The van der Waals surface area contributed by atoms with E-state index in [4.69, 9.17) is 10.2 Å². The predicted molar refractivity (Wildman–Crippen MR) is 320 cm³/mol. The summed E-state index contributed by atoms with van der Waals surface area (Å²) in [4.78, 5) is 33.5. The molecule has 0 saturated carbocycles. The minimum absolute atomic E-state index is 0.0125. The summed E-state index contributed by atoms with van der Waals surface area (Å²) in [5.41, 5.74) is 19.0. The van der Waals surface area contributed by atoms with Crippen molar-refractivity contribution in [1.29, 1.82) is 0 Å². The molecule has 0 aliphatic heterocycles. The Labute approximate surface area is 474 Å². The Bertz CT molecular complexity index is 3940. The number of halogens is 1. The van der Waals surface area contributed by atoms with E-state index in [0.29, 0.717) is 16.6 Å². The first-order valence-electron chi connectivity index (χ1n) is 27.7. The Morgan fingerprint density at radius 2 is 0.852 bits per heavy atom. The number of aromatic nitrogens is 6. The van der Waals surface area contributed by atoms with Crippen LogP contribution in [-0.4, -0.2) is 63.2 Å². The zero-order chi connectivity index (χ0) is 59.3. The number of benzene rings is 6. The molecule has 13 heteroatoms. The van der Waals surface area contributed by atoms with Gasteiger partial charge < -0.3 is 15.3 Å². The van der Waals surface area contributed by atoms with Crippen LogP contribution in [0.3, 0.4) is 0 Å². The second-order valence-corrected chi connectivity index (χ2v) is 26.4. The quantitative estimate of drug-likeness (QED) is 0.130. The summed E-state index contributed by atoms with van der Waals surface area (Å²) >= 11 is 0. The van der Waals surface area contributed by atoms with Gasteiger partial charge in [-0.25, -0.2) is 28.1 Å². The highest BCUT2D eigenvalue weighted by atomic mass is 19.1. The standard InChI is InChI=1S/C24H26O2.C22H24FN3O2.C22H25N3O2/c1-15-13-20-21(24(5,6)12-11-23(20,3)4)14-19(15)16(2)17-7-9-18(10-8-17)22(25)26;1-12-8-14-15(22(4,5)7-6-21(14,2)3)10-18(12)26-19-11-16(23)13(20(27)28)9-17(19)24-25-26;1-13-10-15-16(22(4,5)9-8-21(15,2)3)12-19(13)25-18-7-6-14(20(26)27)11-17(18)23-24-25/h7-14H,2H2,1,3-6H3,(H,25,26);8-11H,6-7H2,1-5H3,(H,27,28);6-7,10-12H,8-9H2,1-5H3,(H,26,27). The van der Waals surface area contributed by atoms with E-state index in [0.717, 1.165) is 64.0 Å². The van der Waals surface area contributed by atoms with E-state index >= 15 is 0 Å². The van der Waals surface area contributed by atoms with Gasteiger partial charge in [0.15, 0.2) is 0 Å². The smallest absolute Gasteiger partial charge is 0.338 e. The van der Waals surface area contributed by atoms with Gasteiger partial charge in [-0.05, 0) is 189 Å². The summed E-state index contributed by atoms with van der Waals surface area (Å²) in [6.45, 7) is 37.8. The van der Waals surface area contributed by atoms with Gasteiger partial charge in [-0.3, -0.25) is 0 Å². The average Bonchev–Trinajstić information content (AvgIpc) is 4.07. The summed E-state index contributed by atoms with van der Waals surface area (Å²) in [6.07, 6.45) is 9.13. The van der Waals surface area contributed by atoms with Crippen molar-refractivity contribution in [3.05, 3.63) is 193 Å². The molecule has 2 heterocycles. The molecule has 8 aromatic rings. The van der Waals surface area contributed by atoms with Crippen LogP contribution in [0.5, 0.6) is 0 Å². The van der Waals surface area contributed by atoms with Crippen molar-refractivity contribution in [2.75, 3.05) is 0 Å². The van der Waals surface area contributed by atoms with Gasteiger partial charge in [-0.2, -0.15) is 0 Å². The monoisotopic (exact) mass is 1090 g/mol. The van der Waals surface area contributed by atoms with Gasteiger partial charge in [0, 0.05) is 16.9 Å². The maximum atomic E-state index is 14.3. The first-order chi connectivity index (χ1) is 37.6. The van der Waals surface area contributed by atoms with Crippen LogP contribution in [0.25, 0.3) is 39.0 Å². The van der Waals surface area contributed by atoms with Gasteiger partial charge in [-0.1, -0.05) is 143 Å². The number of aromatic carboxylic acids is 3. The maximum absolute atomic E-state index is 14.3. The van der Waals surface area contributed by atoms with Crippen LogP contribution in [0.2, 0.25) is 0 Å². The molecule has 11 rings (SSSR count). The fourth-order valence-corrected chi connectivity index (χ4v) is 12.1. The first kappa shape index (κ1) is 57.6. The number of carboxylic acid groups (broad SMARTS) is 3. The minimum Gasteiger partial charge on any atom is -0.478 e. The summed E-state index contributed by atoms with van der Waals surface area (Å²) in [7, 11) is 0. The van der Waals surface area contributed by atoms with E-state index in [1.54, 1.807) is 35.0 Å². The lowest BCUT2D eigenvalue weighted by Crippen LogP contribution is -2.34. The molecule has 6 aromatic carbocycles. The topological polar surface area (TPSA) is 173 Å². The van der Waals surface area contributed by atoms with E-state index in [1.807, 2.05) is 23.7 Å². The predicted octanol–water partition coefficient (Wildman–Crippen LogP) is 15.6. The number of carbonyl (C=O) groups is 3. The van der Waals surface area contributed by atoms with Gasteiger partial charge in [0.2, 0.25) is 0 Å². The van der Waals surface area contributed by atoms with Crippen LogP contribution >= 0.6 is 0 Å². The molecule has 0 saturated heterocycles.